The highest BCUT2D eigenvalue weighted by atomic mass is 16.6. The van der Waals surface area contributed by atoms with Gasteiger partial charge in [-0.2, -0.15) is 0 Å². The summed E-state index contributed by atoms with van der Waals surface area (Å²) in [6.45, 7) is 0.270. The zero-order valence-electron chi connectivity index (χ0n) is 12.3. The third-order valence-corrected chi connectivity index (χ3v) is 3.34. The van der Waals surface area contributed by atoms with Crippen molar-refractivity contribution >= 4 is 17.7 Å². The Hall–Kier alpha value is -3.02. The van der Waals surface area contributed by atoms with Crippen molar-refractivity contribution in [2.24, 2.45) is 0 Å². The van der Waals surface area contributed by atoms with E-state index in [2.05, 4.69) is 10.6 Å². The molecule has 0 saturated carbocycles. The fourth-order valence-corrected chi connectivity index (χ4v) is 2.22. The molecule has 0 aliphatic carbocycles. The van der Waals surface area contributed by atoms with Gasteiger partial charge in [0.2, 0.25) is 0 Å². The first-order valence-corrected chi connectivity index (χ1v) is 7.29. The largest absolute Gasteiger partial charge is 0.478 e. The van der Waals surface area contributed by atoms with Crippen LogP contribution in [0.15, 0.2) is 54.6 Å². The van der Waals surface area contributed by atoms with E-state index in [1.54, 1.807) is 36.4 Å². The Kier molecular flexibility index (Phi) is 4.42. The Morgan fingerprint density at radius 1 is 1.13 bits per heavy atom. The normalized spacial score (nSPS) is 15.8. The topological polar surface area (TPSA) is 76.7 Å². The summed E-state index contributed by atoms with van der Waals surface area (Å²) >= 11 is 0. The van der Waals surface area contributed by atoms with Crippen LogP contribution < -0.4 is 20.1 Å². The summed E-state index contributed by atoms with van der Waals surface area (Å²) in [5, 5.41) is 5.38. The van der Waals surface area contributed by atoms with Crippen LogP contribution in [-0.4, -0.2) is 24.6 Å². The minimum atomic E-state index is -0.637. The van der Waals surface area contributed by atoms with Gasteiger partial charge in [0.1, 0.15) is 11.5 Å². The van der Waals surface area contributed by atoms with Gasteiger partial charge in [0.25, 0.3) is 5.91 Å². The Morgan fingerprint density at radius 2 is 1.87 bits per heavy atom. The SMILES string of the molecule is O=C(NCCC1Oc2ccccc2NC1=O)Oc1ccccc1. The molecule has 6 nitrogen and oxygen atoms in total. The molecule has 0 aromatic heterocycles. The Balaban J connectivity index is 1.47. The predicted octanol–water partition coefficient (Wildman–Crippen LogP) is 2.56. The first-order chi connectivity index (χ1) is 11.2. The molecule has 23 heavy (non-hydrogen) atoms. The second kappa shape index (κ2) is 6.83. The van der Waals surface area contributed by atoms with Crippen LogP contribution >= 0.6 is 0 Å². The maximum absolute atomic E-state index is 11.9. The van der Waals surface area contributed by atoms with Gasteiger partial charge in [-0.25, -0.2) is 4.79 Å². The van der Waals surface area contributed by atoms with Crippen LogP contribution in [0.1, 0.15) is 6.42 Å². The van der Waals surface area contributed by atoms with Gasteiger partial charge in [-0.1, -0.05) is 30.3 Å². The number of carbonyl (C=O) groups excluding carboxylic acids is 2. The second-order valence-electron chi connectivity index (χ2n) is 5.01. The molecule has 1 aliphatic heterocycles. The molecule has 1 unspecified atom stereocenters. The molecular formula is C17H16N2O4. The zero-order valence-corrected chi connectivity index (χ0v) is 12.3. The monoisotopic (exact) mass is 312 g/mol. The Labute approximate surface area is 133 Å². The van der Waals surface area contributed by atoms with Crippen LogP contribution in [0.3, 0.4) is 0 Å². The maximum Gasteiger partial charge on any atom is 0.412 e. The molecule has 0 radical (unpaired) electrons. The Morgan fingerprint density at radius 3 is 2.70 bits per heavy atom. The predicted molar refractivity (Wildman–Crippen MR) is 84.6 cm³/mol. The molecule has 0 bridgehead atoms. The highest BCUT2D eigenvalue weighted by molar-refractivity contribution is 5.97. The number of amides is 2. The molecule has 118 valence electrons. The number of fused-ring (bicyclic) bond motifs is 1. The average Bonchev–Trinajstić information content (AvgIpc) is 2.56. The minimum absolute atomic E-state index is 0.220. The molecule has 0 saturated heterocycles. The number of hydrogen-bond acceptors (Lipinski definition) is 4. The highest BCUT2D eigenvalue weighted by Crippen LogP contribution is 2.29. The number of nitrogens with one attached hydrogen (secondary N) is 2. The van der Waals surface area contributed by atoms with E-state index in [0.717, 1.165) is 0 Å². The molecule has 2 aromatic carbocycles. The van der Waals surface area contributed by atoms with Crippen molar-refractivity contribution in [1.82, 2.24) is 5.32 Å². The third-order valence-electron chi connectivity index (χ3n) is 3.34. The summed E-state index contributed by atoms with van der Waals surface area (Å²) in [7, 11) is 0. The first-order valence-electron chi connectivity index (χ1n) is 7.29. The van der Waals surface area contributed by atoms with Gasteiger partial charge in [-0.05, 0) is 24.3 Å². The first kappa shape index (κ1) is 14.9. The van der Waals surface area contributed by atoms with Crippen molar-refractivity contribution in [2.45, 2.75) is 12.5 Å². The number of rotatable bonds is 4. The quantitative estimate of drug-likeness (QED) is 0.909. The fourth-order valence-electron chi connectivity index (χ4n) is 2.22. The number of carbonyl (C=O) groups is 2. The molecule has 3 rings (SSSR count). The van der Waals surface area contributed by atoms with Crippen molar-refractivity contribution in [1.29, 1.82) is 0 Å². The number of anilines is 1. The zero-order chi connectivity index (χ0) is 16.1. The van der Waals surface area contributed by atoms with Gasteiger partial charge in [0.05, 0.1) is 5.69 Å². The Bertz CT molecular complexity index is 703. The van der Waals surface area contributed by atoms with E-state index < -0.39 is 12.2 Å². The van der Waals surface area contributed by atoms with Gasteiger partial charge in [0, 0.05) is 13.0 Å². The smallest absolute Gasteiger partial charge is 0.412 e. The number of hydrogen-bond donors (Lipinski definition) is 2. The van der Waals surface area contributed by atoms with Crippen LogP contribution in [0.4, 0.5) is 10.5 Å². The average molecular weight is 312 g/mol. The van der Waals surface area contributed by atoms with Gasteiger partial charge in [-0.15, -0.1) is 0 Å². The van der Waals surface area contributed by atoms with Crippen LogP contribution in [0, 0.1) is 0 Å². The van der Waals surface area contributed by atoms with Crippen molar-refractivity contribution < 1.29 is 19.1 Å². The number of benzene rings is 2. The van der Waals surface area contributed by atoms with Crippen LogP contribution in [0.2, 0.25) is 0 Å². The van der Waals surface area contributed by atoms with E-state index in [1.807, 2.05) is 18.2 Å². The fraction of sp³-hybridized carbons (Fsp3) is 0.176. The molecule has 6 heteroatoms. The lowest BCUT2D eigenvalue weighted by Crippen LogP contribution is -2.40. The summed E-state index contributed by atoms with van der Waals surface area (Å²) in [4.78, 5) is 23.6. The lowest BCUT2D eigenvalue weighted by atomic mass is 10.1. The van der Waals surface area contributed by atoms with E-state index in [-0.39, 0.29) is 12.5 Å². The van der Waals surface area contributed by atoms with Gasteiger partial charge < -0.3 is 20.1 Å². The van der Waals surface area contributed by atoms with Crippen LogP contribution in [0.5, 0.6) is 11.5 Å². The van der Waals surface area contributed by atoms with E-state index in [1.165, 1.54) is 0 Å². The second-order valence-corrected chi connectivity index (χ2v) is 5.01. The molecule has 1 aliphatic rings. The van der Waals surface area contributed by atoms with E-state index >= 15 is 0 Å². The van der Waals surface area contributed by atoms with E-state index in [9.17, 15) is 9.59 Å². The summed E-state index contributed by atoms with van der Waals surface area (Å²) < 4.78 is 10.7. The maximum atomic E-state index is 11.9. The summed E-state index contributed by atoms with van der Waals surface area (Å²) in [6.07, 6.45) is -0.848. The van der Waals surface area contributed by atoms with Crippen molar-refractivity contribution in [2.75, 3.05) is 11.9 Å². The van der Waals surface area contributed by atoms with Gasteiger partial charge in [0.15, 0.2) is 6.10 Å². The molecule has 2 N–H and O–H groups in total. The van der Waals surface area contributed by atoms with Gasteiger partial charge >= 0.3 is 6.09 Å². The summed E-state index contributed by atoms with van der Waals surface area (Å²) in [5.74, 6) is 0.872. The van der Waals surface area contributed by atoms with E-state index in [4.69, 9.17) is 9.47 Å². The van der Waals surface area contributed by atoms with Crippen molar-refractivity contribution in [3.8, 4) is 11.5 Å². The lowest BCUT2D eigenvalue weighted by Gasteiger charge is -2.25. The summed E-state index contributed by atoms with van der Waals surface area (Å²) in [6, 6.07) is 16.0. The van der Waals surface area contributed by atoms with Gasteiger partial charge in [-0.3, -0.25) is 4.79 Å². The number of para-hydroxylation sites is 3. The molecule has 2 amide bonds. The number of ether oxygens (including phenoxy) is 2. The molecular weight excluding hydrogens is 296 g/mol. The standard InChI is InChI=1S/C17H16N2O4/c20-16-15(23-14-9-5-4-8-13(14)19-16)10-11-18-17(21)22-12-6-2-1-3-7-12/h1-9,15H,10-11H2,(H,18,21)(H,19,20). The van der Waals surface area contributed by atoms with Crippen molar-refractivity contribution in [3.05, 3.63) is 54.6 Å². The molecule has 0 fully saturated rings. The highest BCUT2D eigenvalue weighted by Gasteiger charge is 2.27. The lowest BCUT2D eigenvalue weighted by molar-refractivity contribution is -0.123. The molecule has 0 spiro atoms. The summed E-state index contributed by atoms with van der Waals surface area (Å²) in [5.41, 5.74) is 0.658. The third kappa shape index (κ3) is 3.79. The minimum Gasteiger partial charge on any atom is -0.478 e. The van der Waals surface area contributed by atoms with Crippen LogP contribution in [-0.2, 0) is 4.79 Å². The van der Waals surface area contributed by atoms with E-state index in [0.29, 0.717) is 23.6 Å². The van der Waals surface area contributed by atoms with Crippen molar-refractivity contribution in [3.63, 3.8) is 0 Å². The molecule has 2 aromatic rings. The molecule has 1 heterocycles. The van der Waals surface area contributed by atoms with Crippen LogP contribution in [0.25, 0.3) is 0 Å². The molecule has 1 atom stereocenters.